The van der Waals surface area contributed by atoms with E-state index >= 15 is 0 Å². The van der Waals surface area contributed by atoms with Gasteiger partial charge in [-0.25, -0.2) is 4.39 Å². The minimum atomic E-state index is -1.13. The second-order valence-corrected chi connectivity index (χ2v) is 3.84. The van der Waals surface area contributed by atoms with Crippen LogP contribution in [0.4, 0.5) is 4.39 Å². The Kier molecular flexibility index (Phi) is 2.99. The van der Waals surface area contributed by atoms with Gasteiger partial charge in [-0.1, -0.05) is 41.9 Å². The molecule has 1 unspecified atom stereocenters. The lowest BCUT2D eigenvalue weighted by Gasteiger charge is -2.07. The van der Waals surface area contributed by atoms with Gasteiger partial charge in [-0.05, 0) is 12.5 Å². The molecule has 0 bridgehead atoms. The van der Waals surface area contributed by atoms with Crippen LogP contribution >= 0.6 is 11.6 Å². The molecular formula is C12H10ClFO2. The Morgan fingerprint density at radius 3 is 2.44 bits per heavy atom. The number of rotatable bonds is 2. The van der Waals surface area contributed by atoms with E-state index in [1.54, 1.807) is 31.2 Å². The molecule has 4 heteroatoms. The van der Waals surface area contributed by atoms with Gasteiger partial charge in [0.05, 0.1) is 0 Å². The predicted octanol–water partition coefficient (Wildman–Crippen LogP) is 3.46. The van der Waals surface area contributed by atoms with Gasteiger partial charge in [0.25, 0.3) is 0 Å². The van der Waals surface area contributed by atoms with Crippen molar-refractivity contribution < 1.29 is 13.9 Å². The van der Waals surface area contributed by atoms with Crippen molar-refractivity contribution in [1.82, 2.24) is 0 Å². The first-order chi connectivity index (χ1) is 7.61. The van der Waals surface area contributed by atoms with E-state index in [1.807, 2.05) is 6.07 Å². The first-order valence-corrected chi connectivity index (χ1v) is 5.16. The standard InChI is InChI=1S/C12H10ClFO2/c1-7-9(13)10(14)12(16-7)11(15)8-5-3-2-4-6-8/h2-6,11,15H,1H3. The van der Waals surface area contributed by atoms with Gasteiger partial charge in [0.15, 0.2) is 11.6 Å². The molecule has 0 spiro atoms. The fourth-order valence-electron chi connectivity index (χ4n) is 1.48. The summed E-state index contributed by atoms with van der Waals surface area (Å²) < 4.78 is 18.7. The number of furan rings is 1. The van der Waals surface area contributed by atoms with Crippen LogP contribution in [0.25, 0.3) is 0 Å². The van der Waals surface area contributed by atoms with Gasteiger partial charge in [-0.2, -0.15) is 0 Å². The summed E-state index contributed by atoms with van der Waals surface area (Å²) in [5.74, 6) is -0.576. The summed E-state index contributed by atoms with van der Waals surface area (Å²) in [6.07, 6.45) is -1.13. The fourth-order valence-corrected chi connectivity index (χ4v) is 1.61. The van der Waals surface area contributed by atoms with Crippen LogP contribution in [0.15, 0.2) is 34.7 Å². The highest BCUT2D eigenvalue weighted by Gasteiger charge is 2.23. The van der Waals surface area contributed by atoms with Gasteiger partial charge < -0.3 is 9.52 Å². The van der Waals surface area contributed by atoms with Crippen molar-refractivity contribution in [2.75, 3.05) is 0 Å². The summed E-state index contributed by atoms with van der Waals surface area (Å²) in [6.45, 7) is 1.55. The molecule has 1 atom stereocenters. The molecule has 0 aliphatic rings. The van der Waals surface area contributed by atoms with Crippen LogP contribution < -0.4 is 0 Å². The maximum atomic E-state index is 13.6. The van der Waals surface area contributed by atoms with Crippen LogP contribution in [0, 0.1) is 12.7 Å². The number of aliphatic hydroxyl groups excluding tert-OH is 1. The van der Waals surface area contributed by atoms with Crippen molar-refractivity contribution in [2.24, 2.45) is 0 Å². The van der Waals surface area contributed by atoms with Crippen LogP contribution in [-0.4, -0.2) is 5.11 Å². The summed E-state index contributed by atoms with van der Waals surface area (Å²) >= 11 is 5.65. The maximum Gasteiger partial charge on any atom is 0.186 e. The van der Waals surface area contributed by atoms with Crippen LogP contribution in [-0.2, 0) is 0 Å². The largest absolute Gasteiger partial charge is 0.458 e. The Morgan fingerprint density at radius 1 is 1.31 bits per heavy atom. The lowest BCUT2D eigenvalue weighted by Crippen LogP contribution is -1.99. The molecule has 2 aromatic rings. The van der Waals surface area contributed by atoms with Crippen LogP contribution in [0.3, 0.4) is 0 Å². The lowest BCUT2D eigenvalue weighted by atomic mass is 10.1. The molecule has 1 aromatic heterocycles. The van der Waals surface area contributed by atoms with Gasteiger partial charge in [-0.15, -0.1) is 0 Å². The molecule has 16 heavy (non-hydrogen) atoms. The van der Waals surface area contributed by atoms with Crippen molar-refractivity contribution >= 4 is 11.6 Å². The SMILES string of the molecule is Cc1oc(C(O)c2ccccc2)c(F)c1Cl. The maximum absolute atomic E-state index is 13.6. The van der Waals surface area contributed by atoms with E-state index in [4.69, 9.17) is 16.0 Å². The third-order valence-electron chi connectivity index (χ3n) is 2.34. The first kappa shape index (κ1) is 11.2. The van der Waals surface area contributed by atoms with E-state index in [1.165, 1.54) is 0 Å². The van der Waals surface area contributed by atoms with Gasteiger partial charge >= 0.3 is 0 Å². The minimum absolute atomic E-state index is 0.0787. The van der Waals surface area contributed by atoms with E-state index in [9.17, 15) is 9.50 Å². The Morgan fingerprint density at radius 2 is 1.94 bits per heavy atom. The first-order valence-electron chi connectivity index (χ1n) is 4.78. The van der Waals surface area contributed by atoms with Gasteiger partial charge in [0, 0.05) is 0 Å². The Balaban J connectivity index is 2.42. The number of benzene rings is 1. The number of hydrogen-bond acceptors (Lipinski definition) is 2. The summed E-state index contributed by atoms with van der Waals surface area (Å²) in [5, 5.41) is 9.84. The molecular weight excluding hydrogens is 231 g/mol. The summed E-state index contributed by atoms with van der Waals surface area (Å²) in [5.41, 5.74) is 0.562. The zero-order valence-corrected chi connectivity index (χ0v) is 9.33. The summed E-state index contributed by atoms with van der Waals surface area (Å²) in [4.78, 5) is 0. The van der Waals surface area contributed by atoms with Crippen LogP contribution in [0.2, 0.25) is 5.02 Å². The van der Waals surface area contributed by atoms with Gasteiger partial charge in [-0.3, -0.25) is 0 Å². The summed E-state index contributed by atoms with van der Waals surface area (Å²) in [6, 6.07) is 8.71. The molecule has 84 valence electrons. The molecule has 1 N–H and O–H groups in total. The molecule has 2 nitrogen and oxygen atoms in total. The Hall–Kier alpha value is -1.32. The molecule has 0 aliphatic carbocycles. The van der Waals surface area contributed by atoms with Gasteiger partial charge in [0.1, 0.15) is 16.9 Å². The third-order valence-corrected chi connectivity index (χ3v) is 2.78. The van der Waals surface area contributed by atoms with E-state index < -0.39 is 11.9 Å². The monoisotopic (exact) mass is 240 g/mol. The highest BCUT2D eigenvalue weighted by atomic mass is 35.5. The molecule has 1 heterocycles. The van der Waals surface area contributed by atoms with Crippen LogP contribution in [0.1, 0.15) is 23.2 Å². The highest BCUT2D eigenvalue weighted by Crippen LogP contribution is 2.32. The van der Waals surface area contributed by atoms with Crippen molar-refractivity contribution in [2.45, 2.75) is 13.0 Å². The average Bonchev–Trinajstić information content (AvgIpc) is 2.57. The molecule has 0 saturated heterocycles. The second-order valence-electron chi connectivity index (χ2n) is 3.46. The Labute approximate surface area is 97.3 Å². The zero-order valence-electron chi connectivity index (χ0n) is 8.58. The molecule has 0 aliphatic heterocycles. The van der Waals surface area contributed by atoms with E-state index in [0.717, 1.165) is 0 Å². The number of hydrogen-bond donors (Lipinski definition) is 1. The molecule has 0 saturated carbocycles. The highest BCUT2D eigenvalue weighted by molar-refractivity contribution is 6.31. The number of halogens is 2. The van der Waals surface area contributed by atoms with E-state index in [2.05, 4.69) is 0 Å². The average molecular weight is 241 g/mol. The predicted molar refractivity (Wildman–Crippen MR) is 58.9 cm³/mol. The lowest BCUT2D eigenvalue weighted by molar-refractivity contribution is 0.181. The van der Waals surface area contributed by atoms with Crippen molar-refractivity contribution in [3.8, 4) is 0 Å². The molecule has 0 radical (unpaired) electrons. The van der Waals surface area contributed by atoms with Gasteiger partial charge in [0.2, 0.25) is 0 Å². The number of aliphatic hydroxyl groups is 1. The van der Waals surface area contributed by atoms with Crippen molar-refractivity contribution in [3.63, 3.8) is 0 Å². The summed E-state index contributed by atoms with van der Waals surface area (Å²) in [7, 11) is 0. The van der Waals surface area contributed by atoms with E-state index in [0.29, 0.717) is 5.56 Å². The molecule has 0 amide bonds. The van der Waals surface area contributed by atoms with Crippen molar-refractivity contribution in [1.29, 1.82) is 0 Å². The Bertz CT molecular complexity index is 493. The fraction of sp³-hybridized carbons (Fsp3) is 0.167. The molecule has 2 rings (SSSR count). The number of aryl methyl sites for hydroxylation is 1. The quantitative estimate of drug-likeness (QED) is 0.872. The smallest absolute Gasteiger partial charge is 0.186 e. The molecule has 0 fully saturated rings. The normalized spacial score (nSPS) is 12.8. The zero-order chi connectivity index (χ0) is 11.7. The minimum Gasteiger partial charge on any atom is -0.458 e. The molecule has 1 aromatic carbocycles. The topological polar surface area (TPSA) is 33.4 Å². The van der Waals surface area contributed by atoms with E-state index in [-0.39, 0.29) is 16.5 Å². The second kappa shape index (κ2) is 4.28. The third kappa shape index (κ3) is 1.84. The van der Waals surface area contributed by atoms with Crippen LogP contribution in [0.5, 0.6) is 0 Å². The van der Waals surface area contributed by atoms with Crippen molar-refractivity contribution in [3.05, 3.63) is 58.3 Å².